The lowest BCUT2D eigenvalue weighted by Gasteiger charge is -2.19. The maximum Gasteiger partial charge on any atom is 0.130 e. The maximum absolute atomic E-state index is 10.6. The third kappa shape index (κ3) is 3.28. The van der Waals surface area contributed by atoms with Gasteiger partial charge in [-0.1, -0.05) is 37.7 Å². The lowest BCUT2D eigenvalue weighted by atomic mass is 9.90. The van der Waals surface area contributed by atoms with Gasteiger partial charge in [0.05, 0.1) is 4.32 Å². The fraction of sp³-hybridized carbons (Fsp3) is 0.714. The molecule has 0 saturated heterocycles. The summed E-state index contributed by atoms with van der Waals surface area (Å²) in [5.41, 5.74) is -0.331. The molecule has 0 atom stereocenters. The van der Waals surface area contributed by atoms with Gasteiger partial charge in [-0.2, -0.15) is 0 Å². The van der Waals surface area contributed by atoms with Gasteiger partial charge in [0.15, 0.2) is 0 Å². The van der Waals surface area contributed by atoms with Gasteiger partial charge in [0.25, 0.3) is 0 Å². The zero-order valence-electron chi connectivity index (χ0n) is 6.40. The molecule has 0 aromatic carbocycles. The normalized spacial score (nSPS) is 11.2. The molecular formula is C7H11ClOS. The zero-order valence-corrected chi connectivity index (χ0v) is 7.97. The van der Waals surface area contributed by atoms with Gasteiger partial charge in [-0.15, -0.1) is 0 Å². The van der Waals surface area contributed by atoms with Crippen molar-refractivity contribution in [2.75, 3.05) is 0 Å². The van der Waals surface area contributed by atoms with E-state index in [0.717, 1.165) is 0 Å². The molecule has 0 radical (unpaired) electrons. The van der Waals surface area contributed by atoms with Crippen LogP contribution in [0.1, 0.15) is 27.2 Å². The van der Waals surface area contributed by atoms with Crippen molar-refractivity contribution < 1.29 is 4.79 Å². The molecule has 0 aromatic rings. The average Bonchev–Trinajstić information content (AvgIpc) is 1.60. The third-order valence-electron chi connectivity index (χ3n) is 1.22. The van der Waals surface area contributed by atoms with Crippen LogP contribution in [0.4, 0.5) is 0 Å². The molecule has 0 amide bonds. The second-order valence-corrected chi connectivity index (χ2v) is 4.05. The standard InChI is InChI=1S/C7H11ClOS/c1-5(9)4-7(2,3)6(8)10/h4H2,1-3H3. The number of hydrogen-bond acceptors (Lipinski definition) is 2. The molecule has 0 aliphatic heterocycles. The molecule has 0 rings (SSSR count). The highest BCUT2D eigenvalue weighted by molar-refractivity contribution is 7.83. The average molecular weight is 179 g/mol. The van der Waals surface area contributed by atoms with E-state index in [1.165, 1.54) is 6.92 Å². The number of ketones is 1. The Bertz CT molecular complexity index is 163. The predicted molar refractivity (Wildman–Crippen MR) is 47.5 cm³/mol. The van der Waals surface area contributed by atoms with E-state index >= 15 is 0 Å². The fourth-order valence-electron chi connectivity index (χ4n) is 0.692. The lowest BCUT2D eigenvalue weighted by Crippen LogP contribution is -2.20. The van der Waals surface area contributed by atoms with Crippen LogP contribution in [-0.4, -0.2) is 10.1 Å². The van der Waals surface area contributed by atoms with Gasteiger partial charge in [-0.25, -0.2) is 0 Å². The summed E-state index contributed by atoms with van der Waals surface area (Å²) < 4.78 is 0.378. The van der Waals surface area contributed by atoms with Crippen molar-refractivity contribution in [1.29, 1.82) is 0 Å². The Labute approximate surface area is 71.8 Å². The summed E-state index contributed by atoms with van der Waals surface area (Å²) in [6.07, 6.45) is 0.426. The summed E-state index contributed by atoms with van der Waals surface area (Å²) in [6.45, 7) is 5.27. The Balaban J connectivity index is 4.13. The summed E-state index contributed by atoms with van der Waals surface area (Å²) in [7, 11) is 0. The first-order valence-electron chi connectivity index (χ1n) is 3.05. The Morgan fingerprint density at radius 1 is 1.60 bits per heavy atom. The van der Waals surface area contributed by atoms with Crippen molar-refractivity contribution in [3.05, 3.63) is 0 Å². The fourth-order valence-corrected chi connectivity index (χ4v) is 0.831. The molecule has 0 fully saturated rings. The van der Waals surface area contributed by atoms with E-state index in [2.05, 4.69) is 0 Å². The van der Waals surface area contributed by atoms with Gasteiger partial charge >= 0.3 is 0 Å². The lowest BCUT2D eigenvalue weighted by molar-refractivity contribution is -0.118. The molecular weight excluding hydrogens is 168 g/mol. The number of thiocarbonyl (C=S) groups is 1. The van der Waals surface area contributed by atoms with E-state index in [9.17, 15) is 4.79 Å². The van der Waals surface area contributed by atoms with Crippen molar-refractivity contribution >= 4 is 33.9 Å². The van der Waals surface area contributed by atoms with Crippen LogP contribution in [0.15, 0.2) is 0 Å². The molecule has 1 nitrogen and oxygen atoms in total. The van der Waals surface area contributed by atoms with Crippen molar-refractivity contribution in [3.8, 4) is 0 Å². The molecule has 0 aliphatic rings. The van der Waals surface area contributed by atoms with Gasteiger partial charge in [-0.05, 0) is 6.92 Å². The first-order valence-corrected chi connectivity index (χ1v) is 3.84. The summed E-state index contributed by atoms with van der Waals surface area (Å²) in [5, 5.41) is 0. The smallest absolute Gasteiger partial charge is 0.130 e. The Morgan fingerprint density at radius 2 is 2.00 bits per heavy atom. The van der Waals surface area contributed by atoms with Gasteiger partial charge in [0.2, 0.25) is 0 Å². The first kappa shape index (κ1) is 10.0. The van der Waals surface area contributed by atoms with Crippen molar-refractivity contribution in [1.82, 2.24) is 0 Å². The van der Waals surface area contributed by atoms with Crippen LogP contribution in [0, 0.1) is 5.41 Å². The minimum absolute atomic E-state index is 0.119. The highest BCUT2D eigenvalue weighted by atomic mass is 35.5. The largest absolute Gasteiger partial charge is 0.300 e. The predicted octanol–water partition coefficient (Wildman–Crippen LogP) is 2.56. The van der Waals surface area contributed by atoms with E-state index in [4.69, 9.17) is 23.8 Å². The van der Waals surface area contributed by atoms with Gasteiger partial charge < -0.3 is 0 Å². The Kier molecular flexibility index (Phi) is 3.46. The van der Waals surface area contributed by atoms with Crippen LogP contribution in [0.2, 0.25) is 0 Å². The maximum atomic E-state index is 10.6. The van der Waals surface area contributed by atoms with E-state index in [1.54, 1.807) is 0 Å². The Morgan fingerprint density at radius 3 is 2.10 bits per heavy atom. The van der Waals surface area contributed by atoms with E-state index in [0.29, 0.717) is 10.7 Å². The highest BCUT2D eigenvalue weighted by Gasteiger charge is 2.23. The van der Waals surface area contributed by atoms with E-state index in [-0.39, 0.29) is 11.2 Å². The molecule has 0 heterocycles. The molecule has 10 heavy (non-hydrogen) atoms. The van der Waals surface area contributed by atoms with E-state index in [1.807, 2.05) is 13.8 Å². The second-order valence-electron chi connectivity index (χ2n) is 3.04. The van der Waals surface area contributed by atoms with Crippen LogP contribution in [0.3, 0.4) is 0 Å². The Hall–Kier alpha value is 0.0500. The molecule has 0 aromatic heterocycles. The molecule has 58 valence electrons. The monoisotopic (exact) mass is 178 g/mol. The van der Waals surface area contributed by atoms with Crippen molar-refractivity contribution in [3.63, 3.8) is 0 Å². The van der Waals surface area contributed by atoms with Crippen LogP contribution in [0.5, 0.6) is 0 Å². The molecule has 0 saturated carbocycles. The number of Topliss-reactive ketones (excluding diaryl/α,β-unsaturated/α-hetero) is 1. The van der Waals surface area contributed by atoms with Crippen LogP contribution >= 0.6 is 23.8 Å². The summed E-state index contributed by atoms with van der Waals surface area (Å²) >= 11 is 10.4. The van der Waals surface area contributed by atoms with Crippen molar-refractivity contribution in [2.24, 2.45) is 5.41 Å². The molecule has 0 spiro atoms. The number of halogens is 1. The summed E-state index contributed by atoms with van der Waals surface area (Å²) in [5.74, 6) is 0.119. The minimum atomic E-state index is -0.331. The second kappa shape index (κ2) is 3.44. The molecule has 0 bridgehead atoms. The number of carbonyl (C=O) groups excluding carboxylic acids is 1. The molecule has 0 aliphatic carbocycles. The zero-order chi connectivity index (χ0) is 8.36. The molecule has 0 N–H and O–H groups in total. The van der Waals surface area contributed by atoms with Crippen molar-refractivity contribution in [2.45, 2.75) is 27.2 Å². The highest BCUT2D eigenvalue weighted by Crippen LogP contribution is 2.24. The number of rotatable bonds is 3. The van der Waals surface area contributed by atoms with Gasteiger partial charge in [0, 0.05) is 11.8 Å². The third-order valence-corrected chi connectivity index (χ3v) is 2.29. The summed E-state index contributed by atoms with van der Waals surface area (Å²) in [6, 6.07) is 0. The molecule has 0 unspecified atom stereocenters. The van der Waals surface area contributed by atoms with Crippen LogP contribution in [0.25, 0.3) is 0 Å². The van der Waals surface area contributed by atoms with Crippen LogP contribution in [-0.2, 0) is 4.79 Å². The minimum Gasteiger partial charge on any atom is -0.300 e. The molecule has 3 heteroatoms. The topological polar surface area (TPSA) is 17.1 Å². The van der Waals surface area contributed by atoms with E-state index < -0.39 is 0 Å². The van der Waals surface area contributed by atoms with Gasteiger partial charge in [0.1, 0.15) is 5.78 Å². The number of hydrogen-bond donors (Lipinski definition) is 0. The SMILES string of the molecule is CC(=O)CC(C)(C)C(=S)Cl. The summed E-state index contributed by atoms with van der Waals surface area (Å²) in [4.78, 5) is 10.6. The van der Waals surface area contributed by atoms with Gasteiger partial charge in [-0.3, -0.25) is 4.79 Å². The quantitative estimate of drug-likeness (QED) is 0.488. The van der Waals surface area contributed by atoms with Crippen LogP contribution < -0.4 is 0 Å². The number of carbonyl (C=O) groups is 1. The first-order chi connectivity index (χ1) is 4.36.